The van der Waals surface area contributed by atoms with Gasteiger partial charge in [0, 0.05) is 15.9 Å². The molecule has 7 heteroatoms. The first-order valence-corrected chi connectivity index (χ1v) is 4.27. The Kier molecular flexibility index (Phi) is 3.02. The van der Waals surface area contributed by atoms with Crippen molar-refractivity contribution in [3.05, 3.63) is 27.8 Å². The highest BCUT2D eigenvalue weighted by atomic mass is 32.1. The molecule has 0 saturated carbocycles. The summed E-state index contributed by atoms with van der Waals surface area (Å²) in [6.07, 6.45) is 0. The summed E-state index contributed by atoms with van der Waals surface area (Å²) in [5.41, 5.74) is -0.925. The zero-order chi connectivity index (χ0) is 10.9. The standard InChI is InChI=1S/C7H5NO4S2/c9-7(10)5-3(8(11)12)1-2-4(13)6(5)14/h1-2,13-14H,(H,9,10). The maximum Gasteiger partial charge on any atom is 0.343 e. The van der Waals surface area contributed by atoms with Crippen LogP contribution in [0.1, 0.15) is 10.4 Å². The van der Waals surface area contributed by atoms with E-state index in [2.05, 4.69) is 25.3 Å². The third-order valence-corrected chi connectivity index (χ3v) is 2.56. The molecule has 0 radical (unpaired) electrons. The summed E-state index contributed by atoms with van der Waals surface area (Å²) in [6, 6.07) is 2.42. The quantitative estimate of drug-likeness (QED) is 0.412. The molecule has 1 aromatic carbocycles. The number of carboxylic acid groups (broad SMARTS) is 1. The Morgan fingerprint density at radius 1 is 1.43 bits per heavy atom. The molecule has 0 saturated heterocycles. The fraction of sp³-hybridized carbons (Fsp3) is 0. The van der Waals surface area contributed by atoms with Gasteiger partial charge in [-0.15, -0.1) is 25.3 Å². The summed E-state index contributed by atoms with van der Waals surface area (Å²) < 4.78 is 0. The molecule has 5 nitrogen and oxygen atoms in total. The zero-order valence-corrected chi connectivity index (χ0v) is 8.46. The second-order valence-corrected chi connectivity index (χ2v) is 3.32. The highest BCUT2D eigenvalue weighted by Gasteiger charge is 2.23. The van der Waals surface area contributed by atoms with E-state index in [0.29, 0.717) is 0 Å². The second-order valence-electron chi connectivity index (χ2n) is 2.39. The minimum atomic E-state index is -1.39. The maximum atomic E-state index is 10.7. The summed E-state index contributed by atoms with van der Waals surface area (Å²) in [4.78, 5) is 20.7. The first kappa shape index (κ1) is 10.9. The lowest BCUT2D eigenvalue weighted by Gasteiger charge is -2.03. The number of nitrogens with zero attached hydrogens (tertiary/aromatic N) is 1. The van der Waals surface area contributed by atoms with Crippen molar-refractivity contribution in [3.63, 3.8) is 0 Å². The first-order valence-electron chi connectivity index (χ1n) is 3.37. The minimum absolute atomic E-state index is 0.00460. The highest BCUT2D eigenvalue weighted by Crippen LogP contribution is 2.30. The lowest BCUT2D eigenvalue weighted by Crippen LogP contribution is -2.04. The van der Waals surface area contributed by atoms with Gasteiger partial charge in [-0.1, -0.05) is 0 Å². The van der Waals surface area contributed by atoms with Crippen LogP contribution in [0.15, 0.2) is 21.9 Å². The number of rotatable bonds is 2. The van der Waals surface area contributed by atoms with Gasteiger partial charge in [-0.05, 0) is 6.07 Å². The molecule has 1 rings (SSSR count). The summed E-state index contributed by atoms with van der Waals surface area (Å²) in [6.45, 7) is 0. The van der Waals surface area contributed by atoms with Crippen LogP contribution in [-0.4, -0.2) is 16.0 Å². The van der Waals surface area contributed by atoms with Crippen molar-refractivity contribution in [1.29, 1.82) is 0 Å². The number of aromatic carboxylic acids is 1. The predicted molar refractivity (Wildman–Crippen MR) is 54.6 cm³/mol. The first-order chi connectivity index (χ1) is 6.45. The smallest absolute Gasteiger partial charge is 0.343 e. The van der Waals surface area contributed by atoms with Crippen LogP contribution in [-0.2, 0) is 0 Å². The van der Waals surface area contributed by atoms with Crippen molar-refractivity contribution < 1.29 is 14.8 Å². The summed E-state index contributed by atoms with van der Waals surface area (Å²) >= 11 is 7.77. The van der Waals surface area contributed by atoms with E-state index >= 15 is 0 Å². The molecule has 0 heterocycles. The average Bonchev–Trinajstić information content (AvgIpc) is 2.08. The van der Waals surface area contributed by atoms with Crippen molar-refractivity contribution in [2.24, 2.45) is 0 Å². The number of nitro groups is 1. The average molecular weight is 231 g/mol. The Bertz CT molecular complexity index is 418. The Labute approximate surface area is 89.7 Å². The summed E-state index contributed by atoms with van der Waals surface area (Å²) in [7, 11) is 0. The molecule has 0 aliphatic rings. The van der Waals surface area contributed by atoms with Crippen LogP contribution in [0.5, 0.6) is 0 Å². The molecule has 0 aliphatic carbocycles. The number of hydrogen-bond donors (Lipinski definition) is 3. The van der Waals surface area contributed by atoms with Crippen LogP contribution in [0.25, 0.3) is 0 Å². The molecule has 0 aliphatic heterocycles. The van der Waals surface area contributed by atoms with Crippen molar-refractivity contribution in [3.8, 4) is 0 Å². The van der Waals surface area contributed by atoms with Gasteiger partial charge in [-0.25, -0.2) is 4.79 Å². The Hall–Kier alpha value is -1.21. The van der Waals surface area contributed by atoms with E-state index in [0.717, 1.165) is 6.07 Å². The fourth-order valence-corrected chi connectivity index (χ4v) is 1.40. The monoisotopic (exact) mass is 231 g/mol. The molecule has 74 valence electrons. The van der Waals surface area contributed by atoms with Gasteiger partial charge >= 0.3 is 5.97 Å². The van der Waals surface area contributed by atoms with E-state index in [1.54, 1.807) is 0 Å². The van der Waals surface area contributed by atoms with Crippen LogP contribution in [0, 0.1) is 10.1 Å². The van der Waals surface area contributed by atoms with Gasteiger partial charge in [0.2, 0.25) is 0 Å². The van der Waals surface area contributed by atoms with Crippen molar-refractivity contribution in [2.45, 2.75) is 9.79 Å². The molecule has 0 bridgehead atoms. The third-order valence-electron chi connectivity index (χ3n) is 1.55. The maximum absolute atomic E-state index is 10.7. The molecule has 0 fully saturated rings. The number of hydrogen-bond acceptors (Lipinski definition) is 5. The van der Waals surface area contributed by atoms with Gasteiger partial charge in [0.1, 0.15) is 0 Å². The SMILES string of the molecule is O=C(O)c1c([N+](=O)[O-])ccc(S)c1S. The molecule has 0 unspecified atom stereocenters. The van der Waals surface area contributed by atoms with E-state index in [9.17, 15) is 14.9 Å². The fourth-order valence-electron chi connectivity index (χ4n) is 0.933. The topological polar surface area (TPSA) is 80.4 Å². The van der Waals surface area contributed by atoms with E-state index in [1.807, 2.05) is 0 Å². The van der Waals surface area contributed by atoms with E-state index < -0.39 is 22.1 Å². The van der Waals surface area contributed by atoms with E-state index in [-0.39, 0.29) is 9.79 Å². The molecule has 1 aromatic rings. The molecular weight excluding hydrogens is 226 g/mol. The predicted octanol–water partition coefficient (Wildman–Crippen LogP) is 1.87. The minimum Gasteiger partial charge on any atom is -0.477 e. The second kappa shape index (κ2) is 3.89. The van der Waals surface area contributed by atoms with Gasteiger partial charge in [0.05, 0.1) is 4.92 Å². The normalized spacial score (nSPS) is 9.86. The third kappa shape index (κ3) is 1.83. The highest BCUT2D eigenvalue weighted by molar-refractivity contribution is 7.83. The van der Waals surface area contributed by atoms with Crippen LogP contribution < -0.4 is 0 Å². The van der Waals surface area contributed by atoms with Crippen molar-refractivity contribution >= 4 is 36.9 Å². The molecule has 0 spiro atoms. The Morgan fingerprint density at radius 2 is 2.00 bits per heavy atom. The Morgan fingerprint density at radius 3 is 2.43 bits per heavy atom. The van der Waals surface area contributed by atoms with Crippen molar-refractivity contribution in [1.82, 2.24) is 0 Å². The van der Waals surface area contributed by atoms with Crippen LogP contribution in [0.3, 0.4) is 0 Å². The summed E-state index contributed by atoms with van der Waals surface area (Å²) in [5.74, 6) is -1.39. The number of carbonyl (C=O) groups is 1. The number of carboxylic acids is 1. The van der Waals surface area contributed by atoms with Gasteiger partial charge in [0.15, 0.2) is 5.56 Å². The molecule has 0 amide bonds. The molecule has 0 aromatic heterocycles. The lowest BCUT2D eigenvalue weighted by atomic mass is 10.2. The van der Waals surface area contributed by atoms with Gasteiger partial charge in [-0.3, -0.25) is 10.1 Å². The molecule has 0 atom stereocenters. The Balaban J connectivity index is 3.53. The van der Waals surface area contributed by atoms with Crippen LogP contribution in [0.4, 0.5) is 5.69 Å². The van der Waals surface area contributed by atoms with Gasteiger partial charge in [-0.2, -0.15) is 0 Å². The van der Waals surface area contributed by atoms with Gasteiger partial charge in [0.25, 0.3) is 5.69 Å². The van der Waals surface area contributed by atoms with Crippen LogP contribution >= 0.6 is 25.3 Å². The summed E-state index contributed by atoms with van der Waals surface area (Å²) in [5, 5.41) is 19.2. The van der Waals surface area contributed by atoms with Crippen molar-refractivity contribution in [2.75, 3.05) is 0 Å². The van der Waals surface area contributed by atoms with Crippen LogP contribution in [0.2, 0.25) is 0 Å². The largest absolute Gasteiger partial charge is 0.477 e. The van der Waals surface area contributed by atoms with E-state index in [1.165, 1.54) is 6.07 Å². The van der Waals surface area contributed by atoms with Gasteiger partial charge < -0.3 is 5.11 Å². The molecular formula is C7H5NO4S2. The number of thiol groups is 2. The van der Waals surface area contributed by atoms with E-state index in [4.69, 9.17) is 5.11 Å². The molecule has 14 heavy (non-hydrogen) atoms. The lowest BCUT2D eigenvalue weighted by molar-refractivity contribution is -0.385. The number of nitro benzene ring substituents is 1. The zero-order valence-electron chi connectivity index (χ0n) is 6.67. The number of benzene rings is 1. The molecule has 1 N–H and O–H groups in total.